The maximum absolute atomic E-state index is 11.4. The maximum atomic E-state index is 11.4. The molecule has 1 atom stereocenters. The van der Waals surface area contributed by atoms with E-state index in [2.05, 4.69) is 28.4 Å². The lowest BCUT2D eigenvalue weighted by Crippen LogP contribution is -2.45. The summed E-state index contributed by atoms with van der Waals surface area (Å²) in [5, 5.41) is 17.6. The number of hydrogen-bond donors (Lipinski definition) is 3. The van der Waals surface area contributed by atoms with E-state index in [1.165, 1.54) is 4.31 Å². The highest BCUT2D eigenvalue weighted by atomic mass is 32.1. The van der Waals surface area contributed by atoms with E-state index >= 15 is 0 Å². The quantitative estimate of drug-likeness (QED) is 0.395. The topological polar surface area (TPSA) is 82.8 Å². The molecule has 8 heteroatoms. The molecule has 1 heterocycles. The van der Waals surface area contributed by atoms with Gasteiger partial charge >= 0.3 is 5.70 Å². The largest absolute Gasteiger partial charge is 0.365 e. The van der Waals surface area contributed by atoms with Gasteiger partial charge in [0.05, 0.1) is 4.92 Å². The SMILES string of the molecule is CCNC1=NC(C)N(S)C(NC(CC)CC)=C1[N+](=O)[O-]. The highest BCUT2D eigenvalue weighted by Crippen LogP contribution is 2.23. The van der Waals surface area contributed by atoms with Gasteiger partial charge in [0.1, 0.15) is 6.17 Å². The molecule has 1 aliphatic rings. The number of nitrogens with zero attached hydrogens (tertiary/aromatic N) is 3. The Morgan fingerprint density at radius 3 is 2.50 bits per heavy atom. The second kappa shape index (κ2) is 7.37. The van der Waals surface area contributed by atoms with Gasteiger partial charge in [0.25, 0.3) is 0 Å². The van der Waals surface area contributed by atoms with E-state index < -0.39 is 4.92 Å². The van der Waals surface area contributed by atoms with Crippen molar-refractivity contribution in [2.45, 2.75) is 52.7 Å². The number of aliphatic imine (C=N–C) groups is 1. The molecule has 0 aromatic heterocycles. The zero-order chi connectivity index (χ0) is 15.3. The molecular formula is C12H23N5O2S. The van der Waals surface area contributed by atoms with Crippen LogP contribution in [-0.4, -0.2) is 33.8 Å². The van der Waals surface area contributed by atoms with E-state index in [0.29, 0.717) is 18.2 Å². The Morgan fingerprint density at radius 1 is 1.45 bits per heavy atom. The van der Waals surface area contributed by atoms with E-state index in [-0.39, 0.29) is 17.9 Å². The lowest BCUT2D eigenvalue weighted by atomic mass is 10.1. The van der Waals surface area contributed by atoms with E-state index in [0.717, 1.165) is 12.8 Å². The molecule has 0 fully saturated rings. The van der Waals surface area contributed by atoms with Crippen LogP contribution < -0.4 is 10.6 Å². The maximum Gasteiger partial charge on any atom is 0.351 e. The predicted octanol–water partition coefficient (Wildman–Crippen LogP) is 1.72. The number of nitro groups is 1. The third kappa shape index (κ3) is 3.56. The van der Waals surface area contributed by atoms with Crippen molar-refractivity contribution >= 4 is 18.7 Å². The molecule has 0 aromatic rings. The molecular weight excluding hydrogens is 278 g/mol. The number of hydrogen-bond acceptors (Lipinski definition) is 7. The van der Waals surface area contributed by atoms with Crippen LogP contribution in [0.3, 0.4) is 0 Å². The Hall–Kier alpha value is -1.44. The van der Waals surface area contributed by atoms with E-state index in [1.807, 2.05) is 27.7 Å². The smallest absolute Gasteiger partial charge is 0.351 e. The van der Waals surface area contributed by atoms with Crippen molar-refractivity contribution in [3.8, 4) is 0 Å². The molecule has 0 spiro atoms. The van der Waals surface area contributed by atoms with Crippen LogP contribution in [0.5, 0.6) is 0 Å². The molecule has 2 N–H and O–H groups in total. The van der Waals surface area contributed by atoms with Crippen LogP contribution >= 0.6 is 12.8 Å². The fourth-order valence-corrected chi connectivity index (χ4v) is 2.20. The van der Waals surface area contributed by atoms with Gasteiger partial charge in [0.2, 0.25) is 5.84 Å². The van der Waals surface area contributed by atoms with Crippen LogP contribution in [0.4, 0.5) is 0 Å². The van der Waals surface area contributed by atoms with Crippen LogP contribution in [-0.2, 0) is 0 Å². The normalized spacial score (nSPS) is 19.2. The van der Waals surface area contributed by atoms with E-state index in [9.17, 15) is 10.1 Å². The summed E-state index contributed by atoms with van der Waals surface area (Å²) >= 11 is 4.34. The molecule has 0 saturated carbocycles. The number of rotatable bonds is 6. The van der Waals surface area contributed by atoms with Crippen LogP contribution in [0.1, 0.15) is 40.5 Å². The summed E-state index contributed by atoms with van der Waals surface area (Å²) in [4.78, 5) is 15.3. The van der Waals surface area contributed by atoms with Crippen molar-refractivity contribution in [2.75, 3.05) is 6.54 Å². The van der Waals surface area contributed by atoms with Crippen LogP contribution in [0.2, 0.25) is 0 Å². The second-order valence-corrected chi connectivity index (χ2v) is 5.03. The third-order valence-corrected chi connectivity index (χ3v) is 3.74. The molecule has 7 nitrogen and oxygen atoms in total. The van der Waals surface area contributed by atoms with Crippen molar-refractivity contribution in [3.05, 3.63) is 21.6 Å². The molecule has 20 heavy (non-hydrogen) atoms. The highest BCUT2D eigenvalue weighted by molar-refractivity contribution is 7.77. The third-order valence-electron chi connectivity index (χ3n) is 3.20. The van der Waals surface area contributed by atoms with Gasteiger partial charge in [0.15, 0.2) is 5.82 Å². The summed E-state index contributed by atoms with van der Waals surface area (Å²) in [5.74, 6) is 0.717. The van der Waals surface area contributed by atoms with Gasteiger partial charge in [-0.1, -0.05) is 26.7 Å². The average Bonchev–Trinajstić information content (AvgIpc) is 2.40. The lowest BCUT2D eigenvalue weighted by molar-refractivity contribution is -0.418. The summed E-state index contributed by atoms with van der Waals surface area (Å²) < 4.78 is 1.51. The standard InChI is InChI=1S/C12H23N5O2S/c1-5-9(6-2)15-12-10(17(18)19)11(13-7-3)14-8(4)16(12)20/h8-9,15,20H,5-7H2,1-4H3,(H,13,14). The minimum absolute atomic E-state index is 0.0492. The Kier molecular flexibility index (Phi) is 6.12. The first kappa shape index (κ1) is 16.6. The first-order valence-electron chi connectivity index (χ1n) is 6.91. The zero-order valence-electron chi connectivity index (χ0n) is 12.4. The molecule has 0 bridgehead atoms. The summed E-state index contributed by atoms with van der Waals surface area (Å²) in [7, 11) is 0. The van der Waals surface area contributed by atoms with Crippen molar-refractivity contribution in [3.63, 3.8) is 0 Å². The summed E-state index contributed by atoms with van der Waals surface area (Å²) in [6, 6.07) is 0.169. The predicted molar refractivity (Wildman–Crippen MR) is 82.9 cm³/mol. The Labute approximate surface area is 125 Å². The van der Waals surface area contributed by atoms with Crippen LogP contribution in [0.25, 0.3) is 0 Å². The van der Waals surface area contributed by atoms with Crippen LogP contribution in [0, 0.1) is 10.1 Å². The molecule has 1 unspecified atom stereocenters. The molecule has 0 aromatic carbocycles. The lowest BCUT2D eigenvalue weighted by Gasteiger charge is -2.31. The minimum atomic E-state index is -0.415. The molecule has 0 aliphatic carbocycles. The molecule has 1 rings (SSSR count). The first-order valence-corrected chi connectivity index (χ1v) is 7.31. The summed E-state index contributed by atoms with van der Waals surface area (Å²) in [6.07, 6.45) is 1.50. The fourth-order valence-electron chi connectivity index (χ4n) is 2.00. The van der Waals surface area contributed by atoms with Gasteiger partial charge in [0, 0.05) is 12.6 Å². The van der Waals surface area contributed by atoms with E-state index in [1.54, 1.807) is 0 Å². The van der Waals surface area contributed by atoms with Gasteiger partial charge in [-0.25, -0.2) is 4.99 Å². The van der Waals surface area contributed by atoms with Crippen molar-refractivity contribution in [1.29, 1.82) is 0 Å². The van der Waals surface area contributed by atoms with Gasteiger partial charge in [-0.2, -0.15) is 0 Å². The average molecular weight is 301 g/mol. The monoisotopic (exact) mass is 301 g/mol. The van der Waals surface area contributed by atoms with E-state index in [4.69, 9.17) is 0 Å². The summed E-state index contributed by atoms with van der Waals surface area (Å²) in [6.45, 7) is 8.39. The molecule has 0 amide bonds. The van der Waals surface area contributed by atoms with Gasteiger partial charge in [-0.05, 0) is 26.7 Å². The van der Waals surface area contributed by atoms with Crippen molar-refractivity contribution < 1.29 is 4.92 Å². The second-order valence-electron chi connectivity index (χ2n) is 4.60. The zero-order valence-corrected chi connectivity index (χ0v) is 13.3. The molecule has 0 saturated heterocycles. The van der Waals surface area contributed by atoms with Crippen LogP contribution in [0.15, 0.2) is 16.5 Å². The van der Waals surface area contributed by atoms with Crippen molar-refractivity contribution in [1.82, 2.24) is 14.9 Å². The molecule has 0 radical (unpaired) electrons. The molecule has 1 aliphatic heterocycles. The van der Waals surface area contributed by atoms with Gasteiger partial charge in [-0.3, -0.25) is 14.4 Å². The van der Waals surface area contributed by atoms with Gasteiger partial charge in [-0.15, -0.1) is 0 Å². The number of likely N-dealkylation sites (N-methyl/N-ethyl adjacent to an activating group) is 1. The number of thiol groups is 1. The van der Waals surface area contributed by atoms with Crippen molar-refractivity contribution in [2.24, 2.45) is 4.99 Å². The Bertz CT molecular complexity index is 420. The molecule has 114 valence electrons. The number of amidine groups is 1. The summed E-state index contributed by atoms with van der Waals surface area (Å²) in [5.41, 5.74) is -0.0492. The Balaban J connectivity index is 3.21. The highest BCUT2D eigenvalue weighted by Gasteiger charge is 2.35. The fraction of sp³-hybridized carbons (Fsp3) is 0.750. The Morgan fingerprint density at radius 2 is 2.05 bits per heavy atom. The minimum Gasteiger partial charge on any atom is -0.365 e. The van der Waals surface area contributed by atoms with Gasteiger partial charge < -0.3 is 10.6 Å². The first-order chi connectivity index (χ1) is 9.46. The number of nitrogens with one attached hydrogen (secondary N) is 2.